The second-order valence-corrected chi connectivity index (χ2v) is 11.1. The second-order valence-electron chi connectivity index (χ2n) is 11.1. The Morgan fingerprint density at radius 1 is 1.02 bits per heavy atom. The number of likely N-dealkylation sites (tertiary alicyclic amines) is 1. The molecular weight excluding hydrogens is 514 g/mol. The van der Waals surface area contributed by atoms with Crippen molar-refractivity contribution < 1.29 is 9.53 Å². The largest absolute Gasteiger partial charge is 0.457 e. The number of fused-ring (bicyclic) bond motifs is 1. The van der Waals surface area contributed by atoms with Gasteiger partial charge in [0, 0.05) is 37.3 Å². The Labute approximate surface area is 240 Å². The molecule has 2 aromatic heterocycles. The van der Waals surface area contributed by atoms with Gasteiger partial charge in [0.15, 0.2) is 5.65 Å². The van der Waals surface area contributed by atoms with Crippen LogP contribution < -0.4 is 10.5 Å². The number of carbonyl (C=O) groups is 1. The van der Waals surface area contributed by atoms with Crippen LogP contribution in [0.15, 0.2) is 73.1 Å². The first-order valence-electron chi connectivity index (χ1n) is 14.5. The van der Waals surface area contributed by atoms with Crippen LogP contribution in [0, 0.1) is 0 Å². The Morgan fingerprint density at radius 3 is 2.56 bits per heavy atom. The van der Waals surface area contributed by atoms with Gasteiger partial charge in [0.2, 0.25) is 5.91 Å². The maximum atomic E-state index is 13.1. The van der Waals surface area contributed by atoms with Crippen LogP contribution in [0.4, 0.5) is 5.82 Å². The number of rotatable bonds is 8. The highest BCUT2D eigenvalue weighted by Crippen LogP contribution is 2.35. The molecule has 1 aliphatic carbocycles. The number of benzene rings is 2. The van der Waals surface area contributed by atoms with Crippen LogP contribution in [-0.2, 0) is 4.79 Å². The Hall–Kier alpha value is -4.24. The predicted molar refractivity (Wildman–Crippen MR) is 161 cm³/mol. The zero-order valence-electron chi connectivity index (χ0n) is 23.5. The molecule has 1 saturated heterocycles. The van der Waals surface area contributed by atoms with Gasteiger partial charge in [-0.3, -0.25) is 9.69 Å². The maximum Gasteiger partial charge on any atom is 0.246 e. The summed E-state index contributed by atoms with van der Waals surface area (Å²) < 4.78 is 7.90. The topological polar surface area (TPSA) is 102 Å². The number of hydrogen-bond donors (Lipinski definition) is 1. The van der Waals surface area contributed by atoms with Crippen LogP contribution in [-0.4, -0.2) is 68.2 Å². The normalized spacial score (nSPS) is 18.1. The molecule has 1 aliphatic heterocycles. The molecule has 2 fully saturated rings. The van der Waals surface area contributed by atoms with E-state index in [1.807, 2.05) is 70.3 Å². The molecule has 2 aliphatic rings. The molecule has 0 bridgehead atoms. The summed E-state index contributed by atoms with van der Waals surface area (Å²) in [6.07, 6.45) is 12.1. The molecule has 1 amide bonds. The number of amides is 1. The van der Waals surface area contributed by atoms with Crippen molar-refractivity contribution in [1.82, 2.24) is 29.5 Å². The van der Waals surface area contributed by atoms with E-state index in [0.29, 0.717) is 24.1 Å². The summed E-state index contributed by atoms with van der Waals surface area (Å²) >= 11 is 0. The van der Waals surface area contributed by atoms with E-state index in [1.54, 1.807) is 6.08 Å². The fourth-order valence-corrected chi connectivity index (χ4v) is 6.03. The number of aromatic nitrogens is 4. The van der Waals surface area contributed by atoms with Crippen molar-refractivity contribution in [3.8, 4) is 22.8 Å². The van der Waals surface area contributed by atoms with Gasteiger partial charge in [0.25, 0.3) is 0 Å². The lowest BCUT2D eigenvalue weighted by Crippen LogP contribution is -2.40. The van der Waals surface area contributed by atoms with Crippen LogP contribution in [0.1, 0.15) is 44.6 Å². The number of ether oxygens (including phenoxy) is 1. The summed E-state index contributed by atoms with van der Waals surface area (Å²) in [7, 11) is 2.15. The number of nitrogen functional groups attached to an aromatic ring is 1. The van der Waals surface area contributed by atoms with Crippen molar-refractivity contribution in [2.45, 2.75) is 50.6 Å². The van der Waals surface area contributed by atoms with Crippen molar-refractivity contribution in [2.75, 3.05) is 32.4 Å². The van der Waals surface area contributed by atoms with Gasteiger partial charge >= 0.3 is 0 Å². The number of hydrogen-bond acceptors (Lipinski definition) is 7. The molecule has 9 nitrogen and oxygen atoms in total. The van der Waals surface area contributed by atoms with Gasteiger partial charge in [-0.2, -0.15) is 5.10 Å². The minimum atomic E-state index is -0.00602. The van der Waals surface area contributed by atoms with E-state index in [2.05, 4.69) is 21.9 Å². The van der Waals surface area contributed by atoms with Crippen LogP contribution >= 0.6 is 0 Å². The Morgan fingerprint density at radius 2 is 1.78 bits per heavy atom. The third-order valence-corrected chi connectivity index (χ3v) is 8.28. The molecule has 1 saturated carbocycles. The standard InChI is InChI=1S/C32H37N7O2/c1-37(24-9-5-6-10-24)19-8-14-28(40)38-20-7-11-25(21-38)39-32-29(31(33)34-22-35-32)30(36-39)23-15-17-27(18-16-23)41-26-12-3-2-4-13-26/h2-4,8,12-18,22,24-25H,5-7,9-11,19-21H2,1H3,(H2,33,34,35)/t25-/m1/s1. The lowest BCUT2D eigenvalue weighted by Gasteiger charge is -2.32. The van der Waals surface area contributed by atoms with Crippen molar-refractivity contribution >= 4 is 22.8 Å². The average Bonchev–Trinajstić information content (AvgIpc) is 3.68. The first kappa shape index (κ1) is 27.0. The highest BCUT2D eigenvalue weighted by Gasteiger charge is 2.28. The number of para-hydroxylation sites is 1. The van der Waals surface area contributed by atoms with Crippen molar-refractivity contribution in [1.29, 1.82) is 0 Å². The third-order valence-electron chi connectivity index (χ3n) is 8.28. The Bertz CT molecular complexity index is 1510. The molecule has 2 aromatic carbocycles. The van der Waals surface area contributed by atoms with E-state index >= 15 is 0 Å². The third kappa shape index (κ3) is 5.95. The first-order valence-corrected chi connectivity index (χ1v) is 14.5. The lowest BCUT2D eigenvalue weighted by atomic mass is 10.1. The summed E-state index contributed by atoms with van der Waals surface area (Å²) in [5.74, 6) is 1.95. The fraction of sp³-hybridized carbons (Fsp3) is 0.375. The summed E-state index contributed by atoms with van der Waals surface area (Å²) in [5.41, 5.74) is 8.67. The zero-order chi connectivity index (χ0) is 28.2. The smallest absolute Gasteiger partial charge is 0.246 e. The van der Waals surface area contributed by atoms with E-state index in [-0.39, 0.29) is 11.9 Å². The monoisotopic (exact) mass is 551 g/mol. The number of nitrogens with zero attached hydrogens (tertiary/aromatic N) is 6. The maximum absolute atomic E-state index is 13.1. The summed E-state index contributed by atoms with van der Waals surface area (Å²) in [5, 5.41) is 5.74. The lowest BCUT2D eigenvalue weighted by molar-refractivity contribution is -0.127. The molecule has 9 heteroatoms. The SMILES string of the molecule is CN(CC=CC(=O)N1CCC[C@@H](n2nc(-c3ccc(Oc4ccccc4)cc3)c3c(N)ncnc32)C1)C1CCCC1. The van der Waals surface area contributed by atoms with E-state index in [4.69, 9.17) is 15.6 Å². The van der Waals surface area contributed by atoms with Crippen molar-refractivity contribution in [3.63, 3.8) is 0 Å². The van der Waals surface area contributed by atoms with E-state index in [9.17, 15) is 4.79 Å². The highest BCUT2D eigenvalue weighted by atomic mass is 16.5. The molecule has 212 valence electrons. The Kier molecular flexibility index (Phi) is 7.95. The van der Waals surface area contributed by atoms with Gasteiger partial charge in [-0.25, -0.2) is 14.6 Å². The van der Waals surface area contributed by atoms with Gasteiger partial charge in [0.05, 0.1) is 11.4 Å². The fourth-order valence-electron chi connectivity index (χ4n) is 6.03. The number of likely N-dealkylation sites (N-methyl/N-ethyl adjacent to an activating group) is 1. The second kappa shape index (κ2) is 12.1. The van der Waals surface area contributed by atoms with E-state index in [0.717, 1.165) is 54.1 Å². The quantitative estimate of drug-likeness (QED) is 0.290. The predicted octanol–water partition coefficient (Wildman–Crippen LogP) is 5.46. The zero-order valence-corrected chi connectivity index (χ0v) is 23.5. The minimum Gasteiger partial charge on any atom is -0.457 e. The highest BCUT2D eigenvalue weighted by molar-refractivity contribution is 5.98. The van der Waals surface area contributed by atoms with Gasteiger partial charge in [-0.05, 0) is 69.1 Å². The molecule has 1 atom stereocenters. The van der Waals surface area contributed by atoms with E-state index < -0.39 is 0 Å². The van der Waals surface area contributed by atoms with Crippen LogP contribution in [0.5, 0.6) is 11.5 Å². The summed E-state index contributed by atoms with van der Waals surface area (Å²) in [6.45, 7) is 2.11. The van der Waals surface area contributed by atoms with Crippen molar-refractivity contribution in [2.24, 2.45) is 0 Å². The van der Waals surface area contributed by atoms with Crippen LogP contribution in [0.25, 0.3) is 22.3 Å². The van der Waals surface area contributed by atoms with Gasteiger partial charge in [0.1, 0.15) is 29.3 Å². The summed E-state index contributed by atoms with van der Waals surface area (Å²) in [4.78, 5) is 26.2. The molecule has 3 heterocycles. The van der Waals surface area contributed by atoms with Gasteiger partial charge in [-0.1, -0.05) is 37.1 Å². The van der Waals surface area contributed by atoms with Crippen molar-refractivity contribution in [3.05, 3.63) is 73.1 Å². The van der Waals surface area contributed by atoms with E-state index in [1.165, 1.54) is 32.0 Å². The molecule has 0 unspecified atom stereocenters. The molecule has 0 spiro atoms. The number of anilines is 1. The molecular formula is C32H37N7O2. The average molecular weight is 552 g/mol. The molecule has 0 radical (unpaired) electrons. The van der Waals surface area contributed by atoms with Crippen LogP contribution in [0.3, 0.4) is 0 Å². The summed E-state index contributed by atoms with van der Waals surface area (Å²) in [6, 6.07) is 18.1. The number of carbonyl (C=O) groups excluding carboxylic acids is 1. The first-order chi connectivity index (χ1) is 20.1. The molecule has 41 heavy (non-hydrogen) atoms. The molecule has 4 aromatic rings. The van der Waals surface area contributed by atoms with Crippen LogP contribution in [0.2, 0.25) is 0 Å². The number of piperidine rings is 1. The number of nitrogens with two attached hydrogens (primary N) is 1. The Balaban J connectivity index is 1.20. The minimum absolute atomic E-state index is 0.00602. The van der Waals surface area contributed by atoms with Gasteiger partial charge in [-0.15, -0.1) is 0 Å². The van der Waals surface area contributed by atoms with Gasteiger partial charge < -0.3 is 15.4 Å². The molecule has 6 rings (SSSR count). The molecule has 2 N–H and O–H groups in total.